The van der Waals surface area contributed by atoms with Gasteiger partial charge in [-0.3, -0.25) is 4.79 Å². The zero-order valence-electron chi connectivity index (χ0n) is 13.0. The Kier molecular flexibility index (Phi) is 5.45. The maximum absolute atomic E-state index is 12.7. The van der Waals surface area contributed by atoms with Crippen LogP contribution in [-0.4, -0.2) is 48.0 Å². The lowest BCUT2D eigenvalue weighted by atomic mass is 9.72. The van der Waals surface area contributed by atoms with Crippen LogP contribution < -0.4 is 11.1 Å². The van der Waals surface area contributed by atoms with E-state index in [1.165, 1.54) is 12.8 Å². The van der Waals surface area contributed by atoms with Crippen LogP contribution in [0.15, 0.2) is 5.16 Å². The number of nitrogens with one attached hydrogen (secondary N) is 1. The summed E-state index contributed by atoms with van der Waals surface area (Å²) in [7, 11) is 2.11. The van der Waals surface area contributed by atoms with Crippen LogP contribution in [0.1, 0.15) is 51.4 Å². The van der Waals surface area contributed by atoms with Crippen molar-refractivity contribution in [1.82, 2.24) is 10.2 Å². The van der Waals surface area contributed by atoms with Crippen molar-refractivity contribution in [2.45, 2.75) is 57.4 Å². The molecule has 2 rings (SSSR count). The highest BCUT2D eigenvalue weighted by molar-refractivity contribution is 6.06. The number of likely N-dealkylation sites (N-methyl/N-ethyl adjacent to an activating group) is 1. The molecule has 0 spiro atoms. The van der Waals surface area contributed by atoms with Gasteiger partial charge in [-0.15, -0.1) is 0 Å². The molecule has 2 fully saturated rings. The van der Waals surface area contributed by atoms with Crippen LogP contribution in [-0.2, 0) is 4.79 Å². The SMILES string of the molecule is CN1CCCCC1CNC(=O)C1(C(N)=NO)CCCCC1. The standard InChI is InChI=1S/C15H28N4O2/c1-19-10-6-3-7-12(19)11-17-14(20)15(13(16)18-21)8-4-2-5-9-15/h12,21H,2-11H2,1H3,(H2,16,18)(H,17,20). The fourth-order valence-electron chi connectivity index (χ4n) is 3.63. The summed E-state index contributed by atoms with van der Waals surface area (Å²) in [4.78, 5) is 15.0. The van der Waals surface area contributed by atoms with E-state index in [9.17, 15) is 4.79 Å². The van der Waals surface area contributed by atoms with Gasteiger partial charge in [-0.2, -0.15) is 0 Å². The maximum atomic E-state index is 12.7. The van der Waals surface area contributed by atoms with Crippen molar-refractivity contribution in [1.29, 1.82) is 0 Å². The molecule has 1 saturated heterocycles. The van der Waals surface area contributed by atoms with Crippen LogP contribution in [0.25, 0.3) is 0 Å². The van der Waals surface area contributed by atoms with Gasteiger partial charge in [0.1, 0.15) is 5.41 Å². The van der Waals surface area contributed by atoms with Crippen LogP contribution in [0.5, 0.6) is 0 Å². The molecule has 120 valence electrons. The average Bonchev–Trinajstić information content (AvgIpc) is 2.53. The maximum Gasteiger partial charge on any atom is 0.234 e. The number of hydrogen-bond donors (Lipinski definition) is 3. The summed E-state index contributed by atoms with van der Waals surface area (Å²) in [5, 5.41) is 15.2. The highest BCUT2D eigenvalue weighted by Gasteiger charge is 2.44. The van der Waals surface area contributed by atoms with E-state index in [2.05, 4.69) is 22.4 Å². The van der Waals surface area contributed by atoms with Crippen molar-refractivity contribution in [3.8, 4) is 0 Å². The first kappa shape index (κ1) is 16.1. The fraction of sp³-hybridized carbons (Fsp3) is 0.867. The number of piperidine rings is 1. The Labute approximate surface area is 126 Å². The van der Waals surface area contributed by atoms with Gasteiger partial charge in [-0.05, 0) is 39.3 Å². The van der Waals surface area contributed by atoms with E-state index in [-0.39, 0.29) is 11.7 Å². The summed E-state index contributed by atoms with van der Waals surface area (Å²) in [6.07, 6.45) is 7.93. The molecule has 1 amide bonds. The normalized spacial score (nSPS) is 27.3. The molecule has 1 atom stereocenters. The molecule has 0 radical (unpaired) electrons. The van der Waals surface area contributed by atoms with E-state index in [0.717, 1.165) is 32.2 Å². The number of likely N-dealkylation sites (tertiary alicyclic amines) is 1. The molecular formula is C15H28N4O2. The number of hydrogen-bond acceptors (Lipinski definition) is 4. The van der Waals surface area contributed by atoms with Crippen molar-refractivity contribution in [2.75, 3.05) is 20.1 Å². The molecule has 0 aromatic heterocycles. The zero-order valence-corrected chi connectivity index (χ0v) is 13.0. The van der Waals surface area contributed by atoms with E-state index in [0.29, 0.717) is 25.4 Å². The molecule has 21 heavy (non-hydrogen) atoms. The Hall–Kier alpha value is -1.30. The largest absolute Gasteiger partial charge is 0.409 e. The summed E-state index contributed by atoms with van der Waals surface area (Å²) in [5.74, 6) is -0.00632. The minimum Gasteiger partial charge on any atom is -0.409 e. The molecule has 0 aromatic rings. The molecule has 4 N–H and O–H groups in total. The molecular weight excluding hydrogens is 268 g/mol. The summed E-state index contributed by atoms with van der Waals surface area (Å²) in [6.45, 7) is 1.74. The van der Waals surface area contributed by atoms with Crippen molar-refractivity contribution < 1.29 is 10.0 Å². The highest BCUT2D eigenvalue weighted by Crippen LogP contribution is 2.36. The minimum absolute atomic E-state index is 0.0664. The van der Waals surface area contributed by atoms with Crippen LogP contribution in [0.3, 0.4) is 0 Å². The number of amidine groups is 1. The molecule has 1 saturated carbocycles. The number of carbonyl (C=O) groups excluding carboxylic acids is 1. The van der Waals surface area contributed by atoms with Gasteiger partial charge in [-0.25, -0.2) is 0 Å². The second kappa shape index (κ2) is 7.11. The molecule has 6 heteroatoms. The lowest BCUT2D eigenvalue weighted by Gasteiger charge is -2.37. The summed E-state index contributed by atoms with van der Waals surface area (Å²) >= 11 is 0. The predicted octanol–water partition coefficient (Wildman–Crippen LogP) is 1.28. The van der Waals surface area contributed by atoms with E-state index < -0.39 is 5.41 Å². The van der Waals surface area contributed by atoms with E-state index in [1.807, 2.05) is 0 Å². The number of carbonyl (C=O) groups is 1. The minimum atomic E-state index is -0.805. The topological polar surface area (TPSA) is 91.0 Å². The number of rotatable bonds is 4. The third-order valence-electron chi connectivity index (χ3n) is 5.16. The Morgan fingerprint density at radius 1 is 1.33 bits per heavy atom. The number of amides is 1. The van der Waals surface area contributed by atoms with Crippen LogP contribution in [0, 0.1) is 5.41 Å². The number of nitrogens with two attached hydrogens (primary N) is 1. The molecule has 2 aliphatic rings. The third-order valence-corrected chi connectivity index (χ3v) is 5.16. The van der Waals surface area contributed by atoms with Crippen molar-refractivity contribution in [3.05, 3.63) is 0 Å². The molecule has 0 aromatic carbocycles. The number of oxime groups is 1. The molecule has 6 nitrogen and oxygen atoms in total. The fourth-order valence-corrected chi connectivity index (χ4v) is 3.63. The van der Waals surface area contributed by atoms with Gasteiger partial charge in [0.25, 0.3) is 0 Å². The molecule has 1 aliphatic heterocycles. The van der Waals surface area contributed by atoms with Gasteiger partial charge in [0, 0.05) is 12.6 Å². The van der Waals surface area contributed by atoms with E-state index in [4.69, 9.17) is 10.9 Å². The number of nitrogens with zero attached hydrogens (tertiary/aromatic N) is 2. The smallest absolute Gasteiger partial charge is 0.234 e. The zero-order chi connectivity index (χ0) is 15.3. The Morgan fingerprint density at radius 2 is 2.05 bits per heavy atom. The second-order valence-corrected chi connectivity index (χ2v) is 6.47. The average molecular weight is 296 g/mol. The molecule has 1 aliphatic carbocycles. The third kappa shape index (κ3) is 3.48. The lowest BCUT2D eigenvalue weighted by molar-refractivity contribution is -0.129. The summed E-state index contributed by atoms with van der Waals surface area (Å²) in [6, 6.07) is 0.399. The molecule has 1 heterocycles. The Morgan fingerprint density at radius 3 is 2.67 bits per heavy atom. The second-order valence-electron chi connectivity index (χ2n) is 6.47. The first-order chi connectivity index (χ1) is 10.1. The van der Waals surface area contributed by atoms with Gasteiger partial charge in [0.05, 0.1) is 0 Å². The summed E-state index contributed by atoms with van der Waals surface area (Å²) < 4.78 is 0. The van der Waals surface area contributed by atoms with Crippen LogP contribution in [0.2, 0.25) is 0 Å². The monoisotopic (exact) mass is 296 g/mol. The summed E-state index contributed by atoms with van der Waals surface area (Å²) in [5.41, 5.74) is 5.04. The van der Waals surface area contributed by atoms with E-state index >= 15 is 0 Å². The van der Waals surface area contributed by atoms with E-state index in [1.54, 1.807) is 0 Å². The van der Waals surface area contributed by atoms with Gasteiger partial charge in [0.2, 0.25) is 5.91 Å². The Balaban J connectivity index is 1.98. The van der Waals surface area contributed by atoms with Crippen molar-refractivity contribution >= 4 is 11.7 Å². The van der Waals surface area contributed by atoms with Crippen LogP contribution >= 0.6 is 0 Å². The Bertz CT molecular complexity index is 391. The highest BCUT2D eigenvalue weighted by atomic mass is 16.4. The lowest BCUT2D eigenvalue weighted by Crippen LogP contribution is -2.53. The van der Waals surface area contributed by atoms with Gasteiger partial charge < -0.3 is 21.2 Å². The van der Waals surface area contributed by atoms with Gasteiger partial charge in [-0.1, -0.05) is 30.8 Å². The molecule has 0 bridgehead atoms. The quantitative estimate of drug-likeness (QED) is 0.315. The van der Waals surface area contributed by atoms with Gasteiger partial charge >= 0.3 is 0 Å². The predicted molar refractivity (Wildman–Crippen MR) is 82.2 cm³/mol. The first-order valence-corrected chi connectivity index (χ1v) is 8.07. The first-order valence-electron chi connectivity index (χ1n) is 8.07. The van der Waals surface area contributed by atoms with Gasteiger partial charge in [0.15, 0.2) is 5.84 Å². The molecule has 1 unspecified atom stereocenters. The van der Waals surface area contributed by atoms with Crippen LogP contribution in [0.4, 0.5) is 0 Å². The van der Waals surface area contributed by atoms with Crippen molar-refractivity contribution in [3.63, 3.8) is 0 Å². The van der Waals surface area contributed by atoms with Crippen molar-refractivity contribution in [2.24, 2.45) is 16.3 Å².